The summed E-state index contributed by atoms with van der Waals surface area (Å²) in [6, 6.07) is 14.8. The van der Waals surface area contributed by atoms with Gasteiger partial charge in [-0.15, -0.1) is 11.3 Å². The number of fused-ring (bicyclic) bond motifs is 2. The van der Waals surface area contributed by atoms with Crippen molar-refractivity contribution in [2.75, 3.05) is 11.1 Å². The number of aryl methyl sites for hydroxylation is 1. The summed E-state index contributed by atoms with van der Waals surface area (Å²) in [6.45, 7) is 3.50. The molecule has 1 amide bonds. The predicted molar refractivity (Wildman–Crippen MR) is 111 cm³/mol. The monoisotopic (exact) mass is 375 g/mol. The number of carbonyl (C=O) groups excluding carboxylic acids is 2. The number of aromatic nitrogens is 1. The lowest BCUT2D eigenvalue weighted by molar-refractivity contribution is 0.101. The number of nitrogens with two attached hydrogens (primary N) is 1. The molecule has 0 saturated carbocycles. The molecular weight excluding hydrogens is 358 g/mol. The lowest BCUT2D eigenvalue weighted by Gasteiger charge is -2.05. The molecule has 0 saturated heterocycles. The highest BCUT2D eigenvalue weighted by molar-refractivity contribution is 7.21. The largest absolute Gasteiger partial charge is 0.397 e. The zero-order valence-electron chi connectivity index (χ0n) is 14.9. The first-order valence-corrected chi connectivity index (χ1v) is 9.26. The molecule has 5 nitrogen and oxygen atoms in total. The molecule has 0 radical (unpaired) electrons. The van der Waals surface area contributed by atoms with Crippen LogP contribution < -0.4 is 11.1 Å². The van der Waals surface area contributed by atoms with Crippen molar-refractivity contribution >= 4 is 55.5 Å². The fraction of sp³-hybridized carbons (Fsp3) is 0.0952. The van der Waals surface area contributed by atoms with E-state index < -0.39 is 0 Å². The third kappa shape index (κ3) is 3.04. The van der Waals surface area contributed by atoms with Crippen LogP contribution in [0.1, 0.15) is 32.5 Å². The maximum Gasteiger partial charge on any atom is 0.267 e. The maximum atomic E-state index is 12.8. The van der Waals surface area contributed by atoms with Crippen molar-refractivity contribution in [3.8, 4) is 0 Å². The van der Waals surface area contributed by atoms with Crippen molar-refractivity contribution in [1.29, 1.82) is 0 Å². The zero-order chi connectivity index (χ0) is 19.1. The van der Waals surface area contributed by atoms with Gasteiger partial charge in [-0.1, -0.05) is 30.3 Å². The summed E-state index contributed by atoms with van der Waals surface area (Å²) in [5.41, 5.74) is 9.76. The van der Waals surface area contributed by atoms with Crippen LogP contribution in [0, 0.1) is 6.92 Å². The first kappa shape index (κ1) is 17.2. The number of pyridine rings is 1. The number of thiophene rings is 1. The first-order chi connectivity index (χ1) is 12.9. The van der Waals surface area contributed by atoms with E-state index in [4.69, 9.17) is 10.7 Å². The van der Waals surface area contributed by atoms with Gasteiger partial charge in [0.25, 0.3) is 5.91 Å². The molecule has 0 fully saturated rings. The van der Waals surface area contributed by atoms with E-state index in [1.807, 2.05) is 31.2 Å². The van der Waals surface area contributed by atoms with Gasteiger partial charge in [0.2, 0.25) is 0 Å². The molecule has 0 aliphatic heterocycles. The summed E-state index contributed by atoms with van der Waals surface area (Å²) < 4.78 is 0. The highest BCUT2D eigenvalue weighted by Gasteiger charge is 2.18. The van der Waals surface area contributed by atoms with Crippen LogP contribution in [0.3, 0.4) is 0 Å². The van der Waals surface area contributed by atoms with E-state index in [9.17, 15) is 9.59 Å². The number of carbonyl (C=O) groups is 2. The number of para-hydroxylation sites is 1. The second kappa shape index (κ2) is 6.48. The van der Waals surface area contributed by atoms with E-state index in [1.165, 1.54) is 18.3 Å². The molecule has 27 heavy (non-hydrogen) atoms. The molecule has 0 spiro atoms. The van der Waals surface area contributed by atoms with E-state index in [0.717, 1.165) is 26.7 Å². The van der Waals surface area contributed by atoms with E-state index in [2.05, 4.69) is 5.32 Å². The predicted octanol–water partition coefficient (Wildman–Crippen LogP) is 4.80. The number of Topliss-reactive ketones (excluding diaryl/α,β-unsaturated/α-hetero) is 1. The fourth-order valence-electron chi connectivity index (χ4n) is 3.05. The van der Waals surface area contributed by atoms with Gasteiger partial charge in [-0.3, -0.25) is 9.59 Å². The smallest absolute Gasteiger partial charge is 0.267 e. The highest BCUT2D eigenvalue weighted by atomic mass is 32.1. The molecule has 2 aromatic carbocycles. The van der Waals surface area contributed by atoms with Gasteiger partial charge >= 0.3 is 0 Å². The van der Waals surface area contributed by atoms with Crippen LogP contribution in [0.5, 0.6) is 0 Å². The molecule has 2 aromatic heterocycles. The Bertz CT molecular complexity index is 1230. The summed E-state index contributed by atoms with van der Waals surface area (Å²) in [7, 11) is 0. The molecule has 0 aliphatic carbocycles. The number of nitrogen functional groups attached to an aromatic ring is 1. The average molecular weight is 375 g/mol. The van der Waals surface area contributed by atoms with E-state index in [1.54, 1.807) is 24.3 Å². The summed E-state index contributed by atoms with van der Waals surface area (Å²) in [5.74, 6) is -0.365. The molecule has 4 aromatic rings. The van der Waals surface area contributed by atoms with Gasteiger partial charge in [-0.25, -0.2) is 4.98 Å². The maximum absolute atomic E-state index is 12.8. The fourth-order valence-corrected chi connectivity index (χ4v) is 4.02. The molecular formula is C21H17N3O2S. The number of rotatable bonds is 3. The molecule has 0 atom stereocenters. The van der Waals surface area contributed by atoms with E-state index in [-0.39, 0.29) is 11.7 Å². The van der Waals surface area contributed by atoms with Crippen molar-refractivity contribution < 1.29 is 9.59 Å². The van der Waals surface area contributed by atoms with Gasteiger partial charge in [-0.2, -0.15) is 0 Å². The van der Waals surface area contributed by atoms with Gasteiger partial charge in [-0.05, 0) is 37.6 Å². The lowest BCUT2D eigenvalue weighted by Crippen LogP contribution is -2.12. The van der Waals surface area contributed by atoms with Crippen LogP contribution in [0.15, 0.2) is 48.5 Å². The summed E-state index contributed by atoms with van der Waals surface area (Å²) >= 11 is 1.27. The van der Waals surface area contributed by atoms with Crippen LogP contribution in [-0.4, -0.2) is 16.7 Å². The minimum atomic E-state index is -0.308. The standard InChI is InChI=1S/C21H17N3O2S/c1-11-5-3-7-14-10-16-17(22)19(27-21(16)24-18(11)14)20(26)23-15-8-4-6-13(9-15)12(2)25/h3-10H,22H2,1-2H3,(H,23,26). The summed E-state index contributed by atoms with van der Waals surface area (Å²) in [4.78, 5) is 30.1. The van der Waals surface area contributed by atoms with Crippen LogP contribution in [0.2, 0.25) is 0 Å². The quantitative estimate of drug-likeness (QED) is 0.504. The number of anilines is 2. The topological polar surface area (TPSA) is 85.1 Å². The van der Waals surface area contributed by atoms with Gasteiger partial charge in [0.05, 0.1) is 11.2 Å². The Hall–Kier alpha value is -3.25. The molecule has 0 bridgehead atoms. The molecule has 0 unspecified atom stereocenters. The van der Waals surface area contributed by atoms with Gasteiger partial charge in [0, 0.05) is 22.0 Å². The van der Waals surface area contributed by atoms with Gasteiger partial charge in [0.15, 0.2) is 5.78 Å². The van der Waals surface area contributed by atoms with E-state index >= 15 is 0 Å². The molecule has 6 heteroatoms. The Morgan fingerprint density at radius 2 is 1.89 bits per heavy atom. The Balaban J connectivity index is 1.75. The number of hydrogen-bond acceptors (Lipinski definition) is 5. The molecule has 134 valence electrons. The number of ketones is 1. The van der Waals surface area contributed by atoms with Crippen LogP contribution in [-0.2, 0) is 0 Å². The lowest BCUT2D eigenvalue weighted by atomic mass is 10.1. The highest BCUT2D eigenvalue weighted by Crippen LogP contribution is 2.35. The second-order valence-corrected chi connectivity index (χ2v) is 7.42. The Kier molecular flexibility index (Phi) is 4.12. The van der Waals surface area contributed by atoms with E-state index in [0.29, 0.717) is 21.8 Å². The third-order valence-corrected chi connectivity index (χ3v) is 5.59. The zero-order valence-corrected chi connectivity index (χ0v) is 15.7. The van der Waals surface area contributed by atoms with Crippen molar-refractivity contribution in [3.05, 3.63) is 64.5 Å². The van der Waals surface area contributed by atoms with Crippen molar-refractivity contribution in [1.82, 2.24) is 4.98 Å². The number of benzene rings is 2. The van der Waals surface area contributed by atoms with Gasteiger partial charge < -0.3 is 11.1 Å². The molecule has 3 N–H and O–H groups in total. The minimum Gasteiger partial charge on any atom is -0.397 e. The van der Waals surface area contributed by atoms with Crippen molar-refractivity contribution in [2.24, 2.45) is 0 Å². The van der Waals surface area contributed by atoms with Crippen molar-refractivity contribution in [3.63, 3.8) is 0 Å². The van der Waals surface area contributed by atoms with Gasteiger partial charge in [0.1, 0.15) is 9.71 Å². The summed E-state index contributed by atoms with van der Waals surface area (Å²) in [5, 5.41) is 4.59. The van der Waals surface area contributed by atoms with Crippen LogP contribution in [0.4, 0.5) is 11.4 Å². The molecule has 2 heterocycles. The number of amides is 1. The number of hydrogen-bond donors (Lipinski definition) is 2. The number of nitrogens with zero attached hydrogens (tertiary/aromatic N) is 1. The number of nitrogens with one attached hydrogen (secondary N) is 1. The Morgan fingerprint density at radius 1 is 1.11 bits per heavy atom. The molecule has 4 rings (SSSR count). The summed E-state index contributed by atoms with van der Waals surface area (Å²) in [6.07, 6.45) is 0. The normalized spacial score (nSPS) is 11.0. The SMILES string of the molecule is CC(=O)c1cccc(NC(=O)c2sc3nc4c(C)cccc4cc3c2N)c1. The second-order valence-electron chi connectivity index (χ2n) is 6.42. The molecule has 0 aliphatic rings. The minimum absolute atomic E-state index is 0.0567. The Labute approximate surface area is 159 Å². The average Bonchev–Trinajstić information content (AvgIpc) is 2.97. The first-order valence-electron chi connectivity index (χ1n) is 8.45. The van der Waals surface area contributed by atoms with Crippen LogP contribution >= 0.6 is 11.3 Å². The Morgan fingerprint density at radius 3 is 2.67 bits per heavy atom. The van der Waals surface area contributed by atoms with Crippen LogP contribution in [0.25, 0.3) is 21.1 Å². The van der Waals surface area contributed by atoms with Crippen molar-refractivity contribution in [2.45, 2.75) is 13.8 Å². The third-order valence-electron chi connectivity index (χ3n) is 4.48.